The molecule has 6 rings (SSSR count). The molecular formula is C29H21FN2O3. The van der Waals surface area contributed by atoms with Gasteiger partial charge in [0, 0.05) is 5.56 Å². The minimum Gasteiger partial charge on any atom is -0.273 e. The molecule has 172 valence electrons. The number of para-hydroxylation sites is 1. The van der Waals surface area contributed by atoms with Gasteiger partial charge in [0.05, 0.1) is 17.4 Å². The number of nitrogens with zero attached hydrogens (tertiary/aromatic N) is 2. The molecule has 0 radical (unpaired) electrons. The Morgan fingerprint density at radius 3 is 2.03 bits per heavy atom. The number of hydrogen-bond donors (Lipinski definition) is 0. The van der Waals surface area contributed by atoms with Crippen molar-refractivity contribution < 1.29 is 18.8 Å². The third kappa shape index (κ3) is 3.50. The zero-order valence-electron chi connectivity index (χ0n) is 18.6. The zero-order chi connectivity index (χ0) is 23.9. The second kappa shape index (κ2) is 8.49. The van der Waals surface area contributed by atoms with E-state index in [1.165, 1.54) is 16.0 Å². The van der Waals surface area contributed by atoms with Crippen molar-refractivity contribution in [2.75, 3.05) is 9.96 Å². The fourth-order valence-corrected chi connectivity index (χ4v) is 4.95. The third-order valence-electron chi connectivity index (χ3n) is 6.56. The van der Waals surface area contributed by atoms with Crippen LogP contribution >= 0.6 is 0 Å². The first-order valence-electron chi connectivity index (χ1n) is 11.4. The van der Waals surface area contributed by atoms with Crippen LogP contribution in [-0.4, -0.2) is 17.9 Å². The number of imide groups is 1. The second-order valence-corrected chi connectivity index (χ2v) is 8.61. The Bertz CT molecular complexity index is 1410. The molecule has 0 aromatic heterocycles. The van der Waals surface area contributed by atoms with Gasteiger partial charge in [-0.3, -0.25) is 14.4 Å². The molecule has 0 aliphatic carbocycles. The van der Waals surface area contributed by atoms with Gasteiger partial charge in [-0.2, -0.15) is 0 Å². The highest BCUT2D eigenvalue weighted by atomic mass is 19.1. The van der Waals surface area contributed by atoms with Gasteiger partial charge in [-0.25, -0.2) is 14.4 Å². The van der Waals surface area contributed by atoms with Crippen molar-refractivity contribution in [3.8, 4) is 11.1 Å². The molecule has 2 fully saturated rings. The van der Waals surface area contributed by atoms with E-state index in [0.717, 1.165) is 11.1 Å². The van der Waals surface area contributed by atoms with E-state index in [2.05, 4.69) is 0 Å². The van der Waals surface area contributed by atoms with Crippen LogP contribution in [0, 0.1) is 11.7 Å². The quantitative estimate of drug-likeness (QED) is 0.372. The van der Waals surface area contributed by atoms with Crippen molar-refractivity contribution in [1.82, 2.24) is 0 Å². The summed E-state index contributed by atoms with van der Waals surface area (Å²) < 4.78 is 15.0. The van der Waals surface area contributed by atoms with Gasteiger partial charge in [-0.1, -0.05) is 78.9 Å². The summed E-state index contributed by atoms with van der Waals surface area (Å²) in [6.45, 7) is 0. The molecule has 0 saturated carbocycles. The average molecular weight is 464 g/mol. The number of halogens is 1. The van der Waals surface area contributed by atoms with Crippen LogP contribution < -0.4 is 9.96 Å². The molecule has 0 bridgehead atoms. The molecule has 5 nitrogen and oxygen atoms in total. The molecule has 6 heteroatoms. The first-order valence-corrected chi connectivity index (χ1v) is 11.4. The predicted octanol–water partition coefficient (Wildman–Crippen LogP) is 5.54. The van der Waals surface area contributed by atoms with Crippen LogP contribution in [-0.2, 0) is 14.4 Å². The number of anilines is 2. The largest absolute Gasteiger partial charge is 0.273 e. The highest BCUT2D eigenvalue weighted by Gasteiger charge is 2.60. The van der Waals surface area contributed by atoms with Gasteiger partial charge in [-0.15, -0.1) is 0 Å². The van der Waals surface area contributed by atoms with Crippen molar-refractivity contribution in [1.29, 1.82) is 0 Å². The van der Waals surface area contributed by atoms with Gasteiger partial charge in [-0.05, 0) is 41.5 Å². The molecule has 35 heavy (non-hydrogen) atoms. The molecule has 2 aliphatic heterocycles. The van der Waals surface area contributed by atoms with Gasteiger partial charge >= 0.3 is 0 Å². The molecule has 0 unspecified atom stereocenters. The average Bonchev–Trinajstić information content (AvgIpc) is 3.41. The molecule has 0 spiro atoms. The van der Waals surface area contributed by atoms with Crippen molar-refractivity contribution in [2.24, 2.45) is 5.92 Å². The summed E-state index contributed by atoms with van der Waals surface area (Å²) in [5.74, 6) is -2.20. The van der Waals surface area contributed by atoms with Crippen molar-refractivity contribution in [3.63, 3.8) is 0 Å². The number of benzene rings is 4. The van der Waals surface area contributed by atoms with Gasteiger partial charge in [0.15, 0.2) is 6.10 Å². The third-order valence-corrected chi connectivity index (χ3v) is 6.56. The maximum Gasteiger partial charge on any atom is 0.266 e. The normalized spacial score (nSPS) is 21.5. The lowest BCUT2D eigenvalue weighted by Gasteiger charge is -2.29. The summed E-state index contributed by atoms with van der Waals surface area (Å²) in [7, 11) is 0. The first kappa shape index (κ1) is 21.3. The van der Waals surface area contributed by atoms with E-state index < -0.39 is 35.7 Å². The topological polar surface area (TPSA) is 49.9 Å². The van der Waals surface area contributed by atoms with E-state index in [-0.39, 0.29) is 0 Å². The predicted molar refractivity (Wildman–Crippen MR) is 131 cm³/mol. The number of carbonyl (C=O) groups is 2. The van der Waals surface area contributed by atoms with E-state index in [1.54, 1.807) is 24.3 Å². The number of fused-ring (bicyclic) bond motifs is 1. The summed E-state index contributed by atoms with van der Waals surface area (Å²) >= 11 is 0. The summed E-state index contributed by atoms with van der Waals surface area (Å²) in [4.78, 5) is 34.6. The standard InChI is InChI=1S/C29H21FN2O3/c30-24-17-8-7-16-23(24)26-25-27(35-32(26)21-13-5-2-6-14-21)29(34)31(28(25)33)22-15-9-12-20(18-22)19-10-3-1-4-11-19/h1-18,25-27H/t25-,26+,27+/m1/s1. The lowest BCUT2D eigenvalue weighted by molar-refractivity contribution is -0.126. The van der Waals surface area contributed by atoms with Gasteiger partial charge in [0.25, 0.3) is 5.91 Å². The lowest BCUT2D eigenvalue weighted by atomic mass is 9.90. The van der Waals surface area contributed by atoms with Crippen LogP contribution in [0.4, 0.5) is 15.8 Å². The molecule has 4 aromatic carbocycles. The summed E-state index contributed by atoms with van der Waals surface area (Å²) in [6, 6.07) is 31.7. The van der Waals surface area contributed by atoms with Crippen LogP contribution in [0.1, 0.15) is 11.6 Å². The van der Waals surface area contributed by atoms with Crippen LogP contribution in [0.2, 0.25) is 0 Å². The molecule has 2 aliphatic rings. The van der Waals surface area contributed by atoms with E-state index in [9.17, 15) is 14.0 Å². The van der Waals surface area contributed by atoms with Crippen LogP contribution in [0.25, 0.3) is 11.1 Å². The number of amides is 2. The highest BCUT2D eigenvalue weighted by molar-refractivity contribution is 6.24. The minimum atomic E-state index is -1.05. The molecule has 4 aromatic rings. The first-order chi connectivity index (χ1) is 17.1. The molecule has 0 N–H and O–H groups in total. The van der Waals surface area contributed by atoms with Gasteiger partial charge in [0.1, 0.15) is 11.7 Å². The van der Waals surface area contributed by atoms with E-state index in [1.807, 2.05) is 78.9 Å². The van der Waals surface area contributed by atoms with Crippen LogP contribution in [0.15, 0.2) is 109 Å². The molecule has 2 amide bonds. The molecule has 2 saturated heterocycles. The number of rotatable bonds is 4. The van der Waals surface area contributed by atoms with Crippen LogP contribution in [0.3, 0.4) is 0 Å². The Labute approximate surface area is 201 Å². The minimum absolute atomic E-state index is 0.310. The van der Waals surface area contributed by atoms with E-state index >= 15 is 0 Å². The van der Waals surface area contributed by atoms with E-state index in [0.29, 0.717) is 16.9 Å². The smallest absolute Gasteiger partial charge is 0.266 e. The highest BCUT2D eigenvalue weighted by Crippen LogP contribution is 2.48. The Morgan fingerprint density at radius 2 is 1.29 bits per heavy atom. The number of hydroxylamine groups is 1. The second-order valence-electron chi connectivity index (χ2n) is 8.61. The molecular weight excluding hydrogens is 443 g/mol. The zero-order valence-corrected chi connectivity index (χ0v) is 18.6. The summed E-state index contributed by atoms with van der Waals surface area (Å²) in [6.07, 6.45) is -1.05. The monoisotopic (exact) mass is 464 g/mol. The summed E-state index contributed by atoms with van der Waals surface area (Å²) in [5, 5.41) is 1.50. The van der Waals surface area contributed by atoms with Crippen molar-refractivity contribution in [2.45, 2.75) is 12.1 Å². The fourth-order valence-electron chi connectivity index (χ4n) is 4.95. The van der Waals surface area contributed by atoms with Crippen LogP contribution in [0.5, 0.6) is 0 Å². The maximum absolute atomic E-state index is 15.0. The SMILES string of the molecule is O=C1[C@H]2[C@H](ON(c3ccccc3)[C@H]2c2ccccc2F)C(=O)N1c1cccc(-c2ccccc2)c1. The Balaban J connectivity index is 1.41. The van der Waals surface area contributed by atoms with Gasteiger partial charge in [0.2, 0.25) is 5.91 Å². The lowest BCUT2D eigenvalue weighted by Crippen LogP contribution is -2.37. The number of hydrogen-bond acceptors (Lipinski definition) is 4. The molecule has 3 atom stereocenters. The van der Waals surface area contributed by atoms with Crippen molar-refractivity contribution in [3.05, 3.63) is 121 Å². The molecule has 2 heterocycles. The summed E-state index contributed by atoms with van der Waals surface area (Å²) in [5.41, 5.74) is 3.29. The Kier molecular flexibility index (Phi) is 5.16. The maximum atomic E-state index is 15.0. The Morgan fingerprint density at radius 1 is 0.657 bits per heavy atom. The van der Waals surface area contributed by atoms with Crippen molar-refractivity contribution >= 4 is 23.2 Å². The van der Waals surface area contributed by atoms with E-state index in [4.69, 9.17) is 4.84 Å². The van der Waals surface area contributed by atoms with Gasteiger partial charge < -0.3 is 0 Å². The number of carbonyl (C=O) groups excluding carboxylic acids is 2. The Hall–Kier alpha value is -4.29. The fraction of sp³-hybridized carbons (Fsp3) is 0.103.